The Morgan fingerprint density at radius 1 is 1.00 bits per heavy atom. The summed E-state index contributed by atoms with van der Waals surface area (Å²) in [4.78, 5) is 12.0. The largest absolute Gasteiger partial charge is 0.469 e. The van der Waals surface area contributed by atoms with E-state index in [9.17, 15) is 4.79 Å². The van der Waals surface area contributed by atoms with Crippen LogP contribution in [0.15, 0.2) is 12.2 Å². The Kier molecular flexibility index (Phi) is 14.6. The molecule has 0 aromatic carbocycles. The fraction of sp³-hybridized carbons (Fsp3) is 0.870. The lowest BCUT2D eigenvalue weighted by Crippen LogP contribution is -2.25. The van der Waals surface area contributed by atoms with Gasteiger partial charge in [-0.1, -0.05) is 70.4 Å². The molecule has 1 aliphatic rings. The maximum Gasteiger partial charge on any atom is 0.309 e. The van der Waals surface area contributed by atoms with Crippen LogP contribution in [-0.4, -0.2) is 26.3 Å². The third kappa shape index (κ3) is 11.0. The summed E-state index contributed by atoms with van der Waals surface area (Å²) in [6.45, 7) is 3.79. The van der Waals surface area contributed by atoms with Crippen molar-refractivity contribution in [1.29, 1.82) is 0 Å². The van der Waals surface area contributed by atoms with Crippen LogP contribution in [0.4, 0.5) is 0 Å². The van der Waals surface area contributed by atoms with Gasteiger partial charge in [0.1, 0.15) is 0 Å². The quantitative estimate of drug-likeness (QED) is 0.179. The summed E-state index contributed by atoms with van der Waals surface area (Å²) < 4.78 is 10.4. The average molecular weight is 367 g/mol. The highest BCUT2D eigenvalue weighted by molar-refractivity contribution is 5.72. The molecule has 0 bridgehead atoms. The van der Waals surface area contributed by atoms with Gasteiger partial charge in [-0.3, -0.25) is 4.79 Å². The predicted molar refractivity (Wildman–Crippen MR) is 109 cm³/mol. The van der Waals surface area contributed by atoms with Gasteiger partial charge < -0.3 is 9.47 Å². The summed E-state index contributed by atoms with van der Waals surface area (Å²) >= 11 is 0. The highest BCUT2D eigenvalue weighted by Gasteiger charge is 2.31. The summed E-state index contributed by atoms with van der Waals surface area (Å²) in [6.07, 6.45) is 22.3. The molecule has 2 unspecified atom stereocenters. The highest BCUT2D eigenvalue weighted by Crippen LogP contribution is 2.27. The number of hydrogen-bond acceptors (Lipinski definition) is 3. The first kappa shape index (κ1) is 23.2. The van der Waals surface area contributed by atoms with Crippen LogP contribution < -0.4 is 0 Å². The van der Waals surface area contributed by atoms with Crippen LogP contribution >= 0.6 is 0 Å². The van der Waals surface area contributed by atoms with Crippen molar-refractivity contribution >= 4 is 5.97 Å². The molecule has 1 fully saturated rings. The Balaban J connectivity index is 1.95. The zero-order chi connectivity index (χ0) is 18.9. The van der Waals surface area contributed by atoms with Gasteiger partial charge in [0.15, 0.2) is 0 Å². The van der Waals surface area contributed by atoms with Crippen molar-refractivity contribution in [3.05, 3.63) is 12.2 Å². The maximum absolute atomic E-state index is 12.0. The predicted octanol–water partition coefficient (Wildman–Crippen LogP) is 6.46. The second-order valence-corrected chi connectivity index (χ2v) is 7.77. The zero-order valence-corrected chi connectivity index (χ0v) is 17.3. The summed E-state index contributed by atoms with van der Waals surface area (Å²) in [5, 5.41) is 0. The van der Waals surface area contributed by atoms with Gasteiger partial charge in [-0.05, 0) is 44.4 Å². The molecule has 1 aliphatic heterocycles. The monoisotopic (exact) mass is 366 g/mol. The van der Waals surface area contributed by atoms with Gasteiger partial charge in [-0.15, -0.1) is 0 Å². The lowest BCUT2D eigenvalue weighted by molar-refractivity contribution is -0.147. The Morgan fingerprint density at radius 3 is 2.19 bits per heavy atom. The van der Waals surface area contributed by atoms with Gasteiger partial charge in [0, 0.05) is 6.61 Å². The Labute approximate surface area is 161 Å². The molecule has 0 N–H and O–H groups in total. The first-order chi connectivity index (χ1) is 12.8. The van der Waals surface area contributed by atoms with E-state index >= 15 is 0 Å². The molecule has 3 nitrogen and oxygen atoms in total. The van der Waals surface area contributed by atoms with E-state index in [1.165, 1.54) is 77.7 Å². The lowest BCUT2D eigenvalue weighted by atomic mass is 9.87. The van der Waals surface area contributed by atoms with Crippen molar-refractivity contribution in [2.24, 2.45) is 11.8 Å². The third-order valence-electron chi connectivity index (χ3n) is 5.56. The van der Waals surface area contributed by atoms with Crippen LogP contribution in [0.1, 0.15) is 96.8 Å². The fourth-order valence-corrected chi connectivity index (χ4v) is 3.83. The molecule has 3 heteroatoms. The first-order valence-corrected chi connectivity index (χ1v) is 11.1. The topological polar surface area (TPSA) is 35.5 Å². The molecule has 0 saturated carbocycles. The molecule has 0 amide bonds. The second-order valence-electron chi connectivity index (χ2n) is 7.77. The van der Waals surface area contributed by atoms with E-state index in [-0.39, 0.29) is 11.9 Å². The van der Waals surface area contributed by atoms with E-state index in [2.05, 4.69) is 19.1 Å². The maximum atomic E-state index is 12.0. The molecule has 0 aliphatic carbocycles. The molecule has 0 radical (unpaired) electrons. The Hall–Kier alpha value is -0.830. The molecule has 2 atom stereocenters. The van der Waals surface area contributed by atoms with Crippen molar-refractivity contribution in [2.45, 2.75) is 96.8 Å². The van der Waals surface area contributed by atoms with Gasteiger partial charge in [0.05, 0.1) is 19.6 Å². The standard InChI is InChI=1S/C23H42O3/c1-3-4-5-6-7-8-9-10-11-12-13-14-15-16-17-22(23(24)25-2)21-18-19-26-20-21/h10-11,21-22H,3-9,12-20H2,1-2H3/b11-10-. The summed E-state index contributed by atoms with van der Waals surface area (Å²) in [5.41, 5.74) is 0. The van der Waals surface area contributed by atoms with Crippen LogP contribution in [0.3, 0.4) is 0 Å². The van der Waals surface area contributed by atoms with Crippen molar-refractivity contribution in [3.63, 3.8) is 0 Å². The van der Waals surface area contributed by atoms with E-state index in [4.69, 9.17) is 9.47 Å². The number of carbonyl (C=O) groups is 1. The van der Waals surface area contributed by atoms with Gasteiger partial charge in [0.25, 0.3) is 0 Å². The smallest absolute Gasteiger partial charge is 0.309 e. The van der Waals surface area contributed by atoms with E-state index < -0.39 is 0 Å². The molecular formula is C23H42O3. The average Bonchev–Trinajstić information content (AvgIpc) is 3.18. The van der Waals surface area contributed by atoms with E-state index in [1.54, 1.807) is 0 Å². The minimum Gasteiger partial charge on any atom is -0.469 e. The Morgan fingerprint density at radius 2 is 1.62 bits per heavy atom. The van der Waals surface area contributed by atoms with Gasteiger partial charge in [0.2, 0.25) is 0 Å². The van der Waals surface area contributed by atoms with E-state index in [0.29, 0.717) is 5.92 Å². The van der Waals surface area contributed by atoms with Crippen LogP contribution in [0, 0.1) is 11.8 Å². The first-order valence-electron chi connectivity index (χ1n) is 11.1. The summed E-state index contributed by atoms with van der Waals surface area (Å²) in [5.74, 6) is 0.366. The minimum absolute atomic E-state index is 0.0414. The van der Waals surface area contributed by atoms with Crippen LogP contribution in [0.25, 0.3) is 0 Å². The van der Waals surface area contributed by atoms with Gasteiger partial charge in [-0.2, -0.15) is 0 Å². The molecule has 0 aromatic rings. The van der Waals surface area contributed by atoms with Crippen molar-refractivity contribution < 1.29 is 14.3 Å². The summed E-state index contributed by atoms with van der Waals surface area (Å²) in [6, 6.07) is 0. The minimum atomic E-state index is -0.0434. The van der Waals surface area contributed by atoms with Crippen molar-refractivity contribution in [3.8, 4) is 0 Å². The molecule has 152 valence electrons. The van der Waals surface area contributed by atoms with Crippen LogP contribution in [0.2, 0.25) is 0 Å². The number of carbonyl (C=O) groups excluding carboxylic acids is 1. The van der Waals surface area contributed by atoms with Crippen LogP contribution in [0.5, 0.6) is 0 Å². The van der Waals surface area contributed by atoms with Crippen molar-refractivity contribution in [1.82, 2.24) is 0 Å². The van der Waals surface area contributed by atoms with E-state index in [1.807, 2.05) is 0 Å². The third-order valence-corrected chi connectivity index (χ3v) is 5.56. The number of unbranched alkanes of at least 4 members (excludes halogenated alkanes) is 10. The SMILES string of the molecule is CCCCCCCC/C=C\CCCCCCC(C(=O)OC)C1CCOC1. The Bertz CT molecular complexity index is 358. The molecule has 0 spiro atoms. The zero-order valence-electron chi connectivity index (χ0n) is 17.3. The molecule has 0 aromatic heterocycles. The van der Waals surface area contributed by atoms with Gasteiger partial charge >= 0.3 is 5.97 Å². The van der Waals surface area contributed by atoms with E-state index in [0.717, 1.165) is 32.5 Å². The number of allylic oxidation sites excluding steroid dienone is 2. The molecule has 26 heavy (non-hydrogen) atoms. The molecule has 1 rings (SSSR count). The number of ether oxygens (including phenoxy) is 2. The number of methoxy groups -OCH3 is 1. The second kappa shape index (κ2) is 16.4. The number of rotatable bonds is 16. The molecular weight excluding hydrogens is 324 g/mol. The van der Waals surface area contributed by atoms with Crippen LogP contribution in [-0.2, 0) is 14.3 Å². The van der Waals surface area contributed by atoms with Crippen molar-refractivity contribution in [2.75, 3.05) is 20.3 Å². The molecule has 1 heterocycles. The number of hydrogen-bond donors (Lipinski definition) is 0. The number of esters is 1. The fourth-order valence-electron chi connectivity index (χ4n) is 3.83. The normalized spacial score (nSPS) is 18.5. The summed E-state index contributed by atoms with van der Waals surface area (Å²) in [7, 11) is 1.50. The molecule has 1 saturated heterocycles. The highest BCUT2D eigenvalue weighted by atomic mass is 16.5. The lowest BCUT2D eigenvalue weighted by Gasteiger charge is -2.19. The van der Waals surface area contributed by atoms with Gasteiger partial charge in [-0.25, -0.2) is 0 Å².